The van der Waals surface area contributed by atoms with E-state index in [1.54, 1.807) is 36.2 Å². The summed E-state index contributed by atoms with van der Waals surface area (Å²) in [6, 6.07) is 12.9. The van der Waals surface area contributed by atoms with Gasteiger partial charge in [0.2, 0.25) is 5.91 Å². The molecule has 0 saturated heterocycles. The number of carbonyl (C=O) groups is 1. The predicted octanol–water partition coefficient (Wildman–Crippen LogP) is 3.07. The average Bonchev–Trinajstić information content (AvgIpc) is 2.98. The first kappa shape index (κ1) is 16.3. The van der Waals surface area contributed by atoms with Crippen LogP contribution in [0.1, 0.15) is 5.69 Å². The number of hydrogen-bond donors (Lipinski definition) is 0. The van der Waals surface area contributed by atoms with Crippen LogP contribution in [0.2, 0.25) is 5.02 Å². The van der Waals surface area contributed by atoms with E-state index in [9.17, 15) is 4.79 Å². The smallest absolute Gasteiger partial charge is 0.228 e. The fourth-order valence-electron chi connectivity index (χ4n) is 2.32. The number of hydrogen-bond acceptors (Lipinski definition) is 3. The Morgan fingerprint density at radius 3 is 2.79 bits per heavy atom. The lowest BCUT2D eigenvalue weighted by atomic mass is 10.3. The van der Waals surface area contributed by atoms with Gasteiger partial charge in [0.25, 0.3) is 0 Å². The zero-order chi connectivity index (χ0) is 16.9. The Morgan fingerprint density at radius 2 is 2.04 bits per heavy atom. The molecule has 1 amide bonds. The lowest BCUT2D eigenvalue weighted by molar-refractivity contribution is -0.129. The number of pyridine rings is 1. The standard InChI is InChI=1S/C18H18ClN3O2/c1-21(10-11-24-16-7-5-14(19)6-8-16)18(23)12-15-13-22-9-3-2-4-17(22)20-15/h2-9,13H,10-12H2,1H3. The van der Waals surface area contributed by atoms with Crippen LogP contribution in [-0.2, 0) is 11.2 Å². The minimum Gasteiger partial charge on any atom is -0.492 e. The highest BCUT2D eigenvalue weighted by atomic mass is 35.5. The second-order valence-electron chi connectivity index (χ2n) is 5.49. The van der Waals surface area contributed by atoms with Gasteiger partial charge in [-0.25, -0.2) is 4.98 Å². The summed E-state index contributed by atoms with van der Waals surface area (Å²) in [5.74, 6) is 0.749. The van der Waals surface area contributed by atoms with Gasteiger partial charge in [-0.15, -0.1) is 0 Å². The fourth-order valence-corrected chi connectivity index (χ4v) is 2.44. The van der Waals surface area contributed by atoms with Gasteiger partial charge in [0.05, 0.1) is 18.7 Å². The molecule has 0 fully saturated rings. The predicted molar refractivity (Wildman–Crippen MR) is 93.5 cm³/mol. The molecular formula is C18H18ClN3O2. The van der Waals surface area contributed by atoms with Crippen molar-refractivity contribution in [1.29, 1.82) is 0 Å². The molecule has 2 heterocycles. The first-order chi connectivity index (χ1) is 11.6. The van der Waals surface area contributed by atoms with Gasteiger partial charge in [-0.1, -0.05) is 17.7 Å². The highest BCUT2D eigenvalue weighted by Crippen LogP contribution is 2.15. The number of ether oxygens (including phenoxy) is 1. The van der Waals surface area contributed by atoms with E-state index in [-0.39, 0.29) is 12.3 Å². The van der Waals surface area contributed by atoms with Gasteiger partial charge in [0.15, 0.2) is 0 Å². The van der Waals surface area contributed by atoms with E-state index in [2.05, 4.69) is 4.98 Å². The summed E-state index contributed by atoms with van der Waals surface area (Å²) >= 11 is 5.83. The van der Waals surface area contributed by atoms with Gasteiger partial charge in [0.1, 0.15) is 18.0 Å². The van der Waals surface area contributed by atoms with E-state index in [0.717, 1.165) is 17.1 Å². The largest absolute Gasteiger partial charge is 0.492 e. The molecule has 0 spiro atoms. The third-order valence-electron chi connectivity index (χ3n) is 3.68. The molecule has 1 aromatic carbocycles. The molecule has 3 aromatic rings. The number of halogens is 1. The maximum atomic E-state index is 12.3. The SMILES string of the molecule is CN(CCOc1ccc(Cl)cc1)C(=O)Cc1cn2ccccc2n1. The van der Waals surface area contributed by atoms with Gasteiger partial charge in [0, 0.05) is 24.5 Å². The van der Waals surface area contributed by atoms with Crippen molar-refractivity contribution in [1.82, 2.24) is 14.3 Å². The summed E-state index contributed by atoms with van der Waals surface area (Å²) in [5, 5.41) is 0.669. The maximum absolute atomic E-state index is 12.3. The molecule has 0 unspecified atom stereocenters. The highest BCUT2D eigenvalue weighted by molar-refractivity contribution is 6.30. The van der Waals surface area contributed by atoms with Crippen molar-refractivity contribution in [3.05, 3.63) is 65.6 Å². The van der Waals surface area contributed by atoms with Gasteiger partial charge in [-0.05, 0) is 36.4 Å². The lowest BCUT2D eigenvalue weighted by Gasteiger charge is -2.17. The van der Waals surface area contributed by atoms with Gasteiger partial charge >= 0.3 is 0 Å². The Labute approximate surface area is 145 Å². The van der Waals surface area contributed by atoms with Crippen molar-refractivity contribution in [2.45, 2.75) is 6.42 Å². The summed E-state index contributed by atoms with van der Waals surface area (Å²) in [6.45, 7) is 0.934. The van der Waals surface area contributed by atoms with Crippen LogP contribution >= 0.6 is 11.6 Å². The number of amides is 1. The van der Waals surface area contributed by atoms with Crippen LogP contribution < -0.4 is 4.74 Å². The lowest BCUT2D eigenvalue weighted by Crippen LogP contribution is -2.32. The third-order valence-corrected chi connectivity index (χ3v) is 3.93. The summed E-state index contributed by atoms with van der Waals surface area (Å²) in [5.41, 5.74) is 1.60. The molecule has 2 aromatic heterocycles. The molecule has 0 atom stereocenters. The molecule has 0 aliphatic heterocycles. The fraction of sp³-hybridized carbons (Fsp3) is 0.222. The molecule has 24 heavy (non-hydrogen) atoms. The van der Waals surface area contributed by atoms with Crippen molar-refractivity contribution < 1.29 is 9.53 Å². The van der Waals surface area contributed by atoms with Gasteiger partial charge in [-0.3, -0.25) is 4.79 Å². The number of fused-ring (bicyclic) bond motifs is 1. The number of aromatic nitrogens is 2. The third kappa shape index (κ3) is 4.06. The van der Waals surface area contributed by atoms with Crippen molar-refractivity contribution in [3.8, 4) is 5.75 Å². The molecule has 5 nitrogen and oxygen atoms in total. The molecule has 0 aliphatic carbocycles. The van der Waals surface area contributed by atoms with Crippen LogP contribution in [0.5, 0.6) is 5.75 Å². The minimum absolute atomic E-state index is 0.0121. The number of rotatable bonds is 6. The highest BCUT2D eigenvalue weighted by Gasteiger charge is 2.12. The van der Waals surface area contributed by atoms with E-state index >= 15 is 0 Å². The topological polar surface area (TPSA) is 46.8 Å². The molecule has 124 valence electrons. The minimum atomic E-state index is 0.0121. The molecule has 0 radical (unpaired) electrons. The second kappa shape index (κ2) is 7.36. The van der Waals surface area contributed by atoms with Crippen LogP contribution in [0.25, 0.3) is 5.65 Å². The summed E-state index contributed by atoms with van der Waals surface area (Å²) < 4.78 is 7.52. The number of carbonyl (C=O) groups excluding carboxylic acids is 1. The summed E-state index contributed by atoms with van der Waals surface area (Å²) in [6.07, 6.45) is 4.07. The maximum Gasteiger partial charge on any atom is 0.228 e. The molecule has 0 aliphatic rings. The summed E-state index contributed by atoms with van der Waals surface area (Å²) in [4.78, 5) is 18.4. The Balaban J connectivity index is 1.50. The van der Waals surface area contributed by atoms with Crippen molar-refractivity contribution >= 4 is 23.2 Å². The molecule has 3 rings (SSSR count). The second-order valence-corrected chi connectivity index (χ2v) is 5.93. The monoisotopic (exact) mass is 343 g/mol. The van der Waals surface area contributed by atoms with Crippen LogP contribution in [0, 0.1) is 0 Å². The van der Waals surface area contributed by atoms with Crippen molar-refractivity contribution in [2.75, 3.05) is 20.2 Å². The molecular weight excluding hydrogens is 326 g/mol. The molecule has 0 bridgehead atoms. The van der Waals surface area contributed by atoms with E-state index < -0.39 is 0 Å². The zero-order valence-corrected chi connectivity index (χ0v) is 14.1. The van der Waals surface area contributed by atoms with Gasteiger partial charge in [-0.2, -0.15) is 0 Å². The normalized spacial score (nSPS) is 10.8. The van der Waals surface area contributed by atoms with E-state index in [1.165, 1.54) is 0 Å². The van der Waals surface area contributed by atoms with Crippen LogP contribution in [0.15, 0.2) is 54.9 Å². The molecule has 0 saturated carbocycles. The van der Waals surface area contributed by atoms with Crippen LogP contribution in [0.4, 0.5) is 0 Å². The molecule has 0 N–H and O–H groups in total. The van der Waals surface area contributed by atoms with Crippen LogP contribution in [-0.4, -0.2) is 40.4 Å². The van der Waals surface area contributed by atoms with E-state index in [4.69, 9.17) is 16.3 Å². The van der Waals surface area contributed by atoms with E-state index in [1.807, 2.05) is 35.0 Å². The first-order valence-electron chi connectivity index (χ1n) is 7.67. The van der Waals surface area contributed by atoms with Gasteiger partial charge < -0.3 is 14.0 Å². The number of benzene rings is 1. The number of nitrogens with zero attached hydrogens (tertiary/aromatic N) is 3. The Hall–Kier alpha value is -2.53. The van der Waals surface area contributed by atoms with Crippen LogP contribution in [0.3, 0.4) is 0 Å². The summed E-state index contributed by atoms with van der Waals surface area (Å²) in [7, 11) is 1.77. The number of likely N-dealkylation sites (N-methyl/N-ethyl adjacent to an activating group) is 1. The number of imidazole rings is 1. The van der Waals surface area contributed by atoms with E-state index in [0.29, 0.717) is 18.2 Å². The Morgan fingerprint density at radius 1 is 1.25 bits per heavy atom. The Kier molecular flexibility index (Phi) is 5.01. The average molecular weight is 344 g/mol. The first-order valence-corrected chi connectivity index (χ1v) is 8.04. The molecule has 6 heteroatoms. The quantitative estimate of drug-likeness (QED) is 0.691. The Bertz CT molecular complexity index is 797. The zero-order valence-electron chi connectivity index (χ0n) is 13.4. The van der Waals surface area contributed by atoms with Crippen molar-refractivity contribution in [2.24, 2.45) is 0 Å². The van der Waals surface area contributed by atoms with Crippen molar-refractivity contribution in [3.63, 3.8) is 0 Å².